The van der Waals surface area contributed by atoms with E-state index >= 15 is 0 Å². The maximum absolute atomic E-state index is 11.8. The number of hydrogen-bond acceptors (Lipinski definition) is 4. The van der Waals surface area contributed by atoms with Crippen molar-refractivity contribution in [3.8, 4) is 0 Å². The average Bonchev–Trinajstić information content (AvgIpc) is 2.36. The second kappa shape index (κ2) is 7.63. The van der Waals surface area contributed by atoms with Crippen LogP contribution in [0.25, 0.3) is 0 Å². The Morgan fingerprint density at radius 3 is 2.82 bits per heavy atom. The first-order valence-electron chi connectivity index (χ1n) is 6.43. The smallest absolute Gasteiger partial charge is 0.234 e. The van der Waals surface area contributed by atoms with Crippen LogP contribution < -0.4 is 5.32 Å². The summed E-state index contributed by atoms with van der Waals surface area (Å²) < 4.78 is 5.34. The zero-order chi connectivity index (χ0) is 12.7. The van der Waals surface area contributed by atoms with Crippen molar-refractivity contribution < 1.29 is 14.6 Å². The van der Waals surface area contributed by atoms with Gasteiger partial charge < -0.3 is 15.2 Å². The topological polar surface area (TPSA) is 61.8 Å². The molecule has 0 aromatic heterocycles. The lowest BCUT2D eigenvalue weighted by Gasteiger charge is -2.31. The predicted octanol–water partition coefficient (Wildman–Crippen LogP) is -0.0157. The molecule has 1 atom stereocenters. The fourth-order valence-corrected chi connectivity index (χ4v) is 2.00. The average molecular weight is 244 g/mol. The standard InChI is InChI=1S/C12H24N2O3/c1-3-10(4-2)13-12(16)8-14-5-6-17-11(7-14)9-15/h10-11,15H,3-9H2,1-2H3,(H,13,16). The molecule has 1 unspecified atom stereocenters. The van der Waals surface area contributed by atoms with Crippen LogP contribution in [0.1, 0.15) is 26.7 Å². The summed E-state index contributed by atoms with van der Waals surface area (Å²) in [6.07, 6.45) is 1.78. The SMILES string of the molecule is CCC(CC)NC(=O)CN1CCOC(CO)C1. The molecule has 0 aromatic carbocycles. The summed E-state index contributed by atoms with van der Waals surface area (Å²) in [6, 6.07) is 0.275. The van der Waals surface area contributed by atoms with Crippen molar-refractivity contribution in [3.05, 3.63) is 0 Å². The van der Waals surface area contributed by atoms with Crippen molar-refractivity contribution in [2.45, 2.75) is 38.8 Å². The fraction of sp³-hybridized carbons (Fsp3) is 0.917. The van der Waals surface area contributed by atoms with Crippen LogP contribution in [-0.2, 0) is 9.53 Å². The van der Waals surface area contributed by atoms with Crippen LogP contribution in [0.2, 0.25) is 0 Å². The third kappa shape index (κ3) is 5.02. The van der Waals surface area contributed by atoms with Gasteiger partial charge in [0, 0.05) is 19.1 Å². The monoisotopic (exact) mass is 244 g/mol. The predicted molar refractivity (Wildman–Crippen MR) is 65.8 cm³/mol. The van der Waals surface area contributed by atoms with Gasteiger partial charge in [0.25, 0.3) is 0 Å². The molecule has 1 aliphatic rings. The number of aliphatic hydroxyl groups is 1. The van der Waals surface area contributed by atoms with Crippen LogP contribution in [0.5, 0.6) is 0 Å². The van der Waals surface area contributed by atoms with E-state index in [0.29, 0.717) is 19.7 Å². The van der Waals surface area contributed by atoms with Gasteiger partial charge in [0.2, 0.25) is 5.91 Å². The summed E-state index contributed by atoms with van der Waals surface area (Å²) in [5.41, 5.74) is 0. The van der Waals surface area contributed by atoms with Crippen LogP contribution in [-0.4, -0.2) is 60.9 Å². The van der Waals surface area contributed by atoms with Gasteiger partial charge in [0.1, 0.15) is 0 Å². The zero-order valence-corrected chi connectivity index (χ0v) is 10.8. The van der Waals surface area contributed by atoms with Gasteiger partial charge in [-0.05, 0) is 12.8 Å². The number of hydrogen-bond donors (Lipinski definition) is 2. The summed E-state index contributed by atoms with van der Waals surface area (Å²) in [4.78, 5) is 13.8. The molecule has 1 fully saturated rings. The Labute approximate surface area is 103 Å². The summed E-state index contributed by atoms with van der Waals surface area (Å²) in [7, 11) is 0. The molecule has 0 radical (unpaired) electrons. The second-order valence-electron chi connectivity index (χ2n) is 4.49. The van der Waals surface area contributed by atoms with Gasteiger partial charge in [0.15, 0.2) is 0 Å². The van der Waals surface area contributed by atoms with Crippen molar-refractivity contribution in [2.75, 3.05) is 32.8 Å². The van der Waals surface area contributed by atoms with E-state index in [9.17, 15) is 4.79 Å². The molecule has 0 spiro atoms. The van der Waals surface area contributed by atoms with E-state index in [2.05, 4.69) is 19.2 Å². The normalized spacial score (nSPS) is 21.8. The van der Waals surface area contributed by atoms with E-state index < -0.39 is 0 Å². The van der Waals surface area contributed by atoms with Crippen molar-refractivity contribution in [3.63, 3.8) is 0 Å². The maximum atomic E-state index is 11.8. The zero-order valence-electron chi connectivity index (χ0n) is 10.8. The minimum absolute atomic E-state index is 0.0185. The number of carbonyl (C=O) groups excluding carboxylic acids is 1. The van der Waals surface area contributed by atoms with Gasteiger partial charge in [-0.25, -0.2) is 0 Å². The van der Waals surface area contributed by atoms with E-state index in [4.69, 9.17) is 9.84 Å². The van der Waals surface area contributed by atoms with E-state index in [-0.39, 0.29) is 24.7 Å². The Morgan fingerprint density at radius 1 is 1.53 bits per heavy atom. The molecule has 0 aromatic rings. The largest absolute Gasteiger partial charge is 0.394 e. The van der Waals surface area contributed by atoms with Gasteiger partial charge in [-0.1, -0.05) is 13.8 Å². The van der Waals surface area contributed by atoms with Crippen LogP contribution in [0, 0.1) is 0 Å². The van der Waals surface area contributed by atoms with Gasteiger partial charge in [0.05, 0.1) is 25.9 Å². The van der Waals surface area contributed by atoms with Crippen molar-refractivity contribution >= 4 is 5.91 Å². The van der Waals surface area contributed by atoms with Crippen molar-refractivity contribution in [1.29, 1.82) is 0 Å². The number of rotatable bonds is 6. The van der Waals surface area contributed by atoms with Gasteiger partial charge >= 0.3 is 0 Å². The third-order valence-electron chi connectivity index (χ3n) is 3.14. The molecule has 1 rings (SSSR count). The molecule has 0 aliphatic carbocycles. The van der Waals surface area contributed by atoms with Crippen LogP contribution >= 0.6 is 0 Å². The Morgan fingerprint density at radius 2 is 2.24 bits per heavy atom. The fourth-order valence-electron chi connectivity index (χ4n) is 2.00. The second-order valence-corrected chi connectivity index (χ2v) is 4.49. The summed E-state index contributed by atoms with van der Waals surface area (Å²) in [5, 5.41) is 12.0. The minimum Gasteiger partial charge on any atom is -0.394 e. The maximum Gasteiger partial charge on any atom is 0.234 e. The molecule has 1 amide bonds. The Kier molecular flexibility index (Phi) is 6.47. The number of ether oxygens (including phenoxy) is 1. The molecule has 1 aliphatic heterocycles. The van der Waals surface area contributed by atoms with Crippen LogP contribution in [0.3, 0.4) is 0 Å². The molecule has 5 nitrogen and oxygen atoms in total. The van der Waals surface area contributed by atoms with Crippen molar-refractivity contribution in [1.82, 2.24) is 10.2 Å². The number of aliphatic hydroxyl groups excluding tert-OH is 1. The lowest BCUT2D eigenvalue weighted by atomic mass is 10.2. The number of morpholine rings is 1. The van der Waals surface area contributed by atoms with E-state index in [1.807, 2.05) is 4.90 Å². The first-order chi connectivity index (χ1) is 8.19. The molecule has 0 saturated carbocycles. The Bertz CT molecular complexity index is 232. The first-order valence-corrected chi connectivity index (χ1v) is 6.43. The molecule has 2 N–H and O–H groups in total. The van der Waals surface area contributed by atoms with Gasteiger partial charge in [-0.3, -0.25) is 9.69 Å². The number of nitrogens with one attached hydrogen (secondary N) is 1. The van der Waals surface area contributed by atoms with Crippen LogP contribution in [0.15, 0.2) is 0 Å². The molecule has 5 heteroatoms. The summed E-state index contributed by atoms with van der Waals surface area (Å²) >= 11 is 0. The molecule has 0 bridgehead atoms. The summed E-state index contributed by atoms with van der Waals surface area (Å²) in [5.74, 6) is 0.0669. The van der Waals surface area contributed by atoms with Gasteiger partial charge in [-0.15, -0.1) is 0 Å². The number of amides is 1. The molecule has 100 valence electrons. The number of carbonyl (C=O) groups is 1. The summed E-state index contributed by atoms with van der Waals surface area (Å²) in [6.45, 7) is 6.54. The minimum atomic E-state index is -0.148. The van der Waals surface area contributed by atoms with E-state index in [1.165, 1.54) is 0 Å². The van der Waals surface area contributed by atoms with Crippen LogP contribution in [0.4, 0.5) is 0 Å². The van der Waals surface area contributed by atoms with Gasteiger partial charge in [-0.2, -0.15) is 0 Å². The quantitative estimate of drug-likeness (QED) is 0.689. The highest BCUT2D eigenvalue weighted by molar-refractivity contribution is 5.78. The van der Waals surface area contributed by atoms with E-state index in [0.717, 1.165) is 19.4 Å². The van der Waals surface area contributed by atoms with Crippen molar-refractivity contribution in [2.24, 2.45) is 0 Å². The lowest BCUT2D eigenvalue weighted by molar-refractivity contribution is -0.125. The molecular weight excluding hydrogens is 220 g/mol. The Balaban J connectivity index is 2.30. The molecule has 1 saturated heterocycles. The Hall–Kier alpha value is -0.650. The highest BCUT2D eigenvalue weighted by Gasteiger charge is 2.21. The highest BCUT2D eigenvalue weighted by Crippen LogP contribution is 2.04. The highest BCUT2D eigenvalue weighted by atomic mass is 16.5. The molecule has 17 heavy (non-hydrogen) atoms. The molecule has 1 heterocycles. The first kappa shape index (κ1) is 14.4. The molecular formula is C12H24N2O3. The lowest BCUT2D eigenvalue weighted by Crippen LogP contribution is -2.49. The number of nitrogens with zero attached hydrogens (tertiary/aromatic N) is 1. The third-order valence-corrected chi connectivity index (χ3v) is 3.14. The van der Waals surface area contributed by atoms with E-state index in [1.54, 1.807) is 0 Å².